The Labute approximate surface area is 204 Å². The van der Waals surface area contributed by atoms with Crippen molar-refractivity contribution < 1.29 is 22.7 Å². The minimum Gasteiger partial charge on any atom is -0.486 e. The second kappa shape index (κ2) is 10.6. The fraction of sp³-hybridized carbons (Fsp3) is 0.120. The number of rotatable bonds is 6. The smallest absolute Gasteiger partial charge is 0.416 e. The number of amides is 1. The molecule has 9 heteroatoms. The van der Waals surface area contributed by atoms with E-state index in [1.807, 2.05) is 31.2 Å². The van der Waals surface area contributed by atoms with Gasteiger partial charge in [0.2, 0.25) is 0 Å². The van der Waals surface area contributed by atoms with E-state index in [4.69, 9.17) is 27.9 Å². The predicted octanol–water partition coefficient (Wildman–Crippen LogP) is 7.45. The fourth-order valence-corrected chi connectivity index (χ4v) is 3.54. The van der Waals surface area contributed by atoms with E-state index in [1.165, 1.54) is 24.3 Å². The van der Waals surface area contributed by atoms with Gasteiger partial charge in [0.25, 0.3) is 5.91 Å². The molecule has 0 bridgehead atoms. The van der Waals surface area contributed by atoms with Crippen molar-refractivity contribution in [2.24, 2.45) is 0 Å². The number of nitrogens with zero attached hydrogens (tertiary/aromatic N) is 1. The molecule has 0 aliphatic heterocycles. The Balaban J connectivity index is 1.77. The zero-order valence-electron chi connectivity index (χ0n) is 17.7. The highest BCUT2D eigenvalue weighted by atomic mass is 35.5. The maximum Gasteiger partial charge on any atom is 0.416 e. The molecule has 0 fully saturated rings. The molecule has 0 heterocycles. The summed E-state index contributed by atoms with van der Waals surface area (Å²) in [6, 6.07) is 16.5. The number of nitriles is 1. The van der Waals surface area contributed by atoms with Crippen molar-refractivity contribution in [1.29, 1.82) is 5.26 Å². The van der Waals surface area contributed by atoms with E-state index in [0.717, 1.165) is 29.3 Å². The Morgan fingerprint density at radius 1 is 1.09 bits per heavy atom. The lowest BCUT2D eigenvalue weighted by Crippen LogP contribution is -2.14. The van der Waals surface area contributed by atoms with E-state index >= 15 is 0 Å². The summed E-state index contributed by atoms with van der Waals surface area (Å²) < 4.78 is 44.4. The summed E-state index contributed by atoms with van der Waals surface area (Å²) in [5, 5.41) is 12.0. The number of nitrogens with one attached hydrogen (secondary N) is 1. The van der Waals surface area contributed by atoms with Gasteiger partial charge in [-0.25, -0.2) is 0 Å². The molecule has 3 aromatic carbocycles. The number of carbonyl (C=O) groups is 1. The van der Waals surface area contributed by atoms with E-state index in [2.05, 4.69) is 5.32 Å². The highest BCUT2D eigenvalue weighted by Crippen LogP contribution is 2.35. The Kier molecular flexibility index (Phi) is 7.87. The molecule has 0 aliphatic carbocycles. The van der Waals surface area contributed by atoms with Gasteiger partial charge in [0.05, 0.1) is 15.6 Å². The van der Waals surface area contributed by atoms with Crippen LogP contribution in [0.4, 0.5) is 18.9 Å². The first-order chi connectivity index (χ1) is 16.1. The number of benzene rings is 3. The first-order valence-corrected chi connectivity index (χ1v) is 10.6. The van der Waals surface area contributed by atoms with Crippen LogP contribution < -0.4 is 10.1 Å². The van der Waals surface area contributed by atoms with Crippen LogP contribution in [-0.2, 0) is 17.6 Å². The molecule has 0 radical (unpaired) electrons. The van der Waals surface area contributed by atoms with E-state index in [1.54, 1.807) is 6.07 Å². The minimum absolute atomic E-state index is 0.100. The second-order valence-electron chi connectivity index (χ2n) is 7.29. The highest BCUT2D eigenvalue weighted by Gasteiger charge is 2.30. The van der Waals surface area contributed by atoms with Gasteiger partial charge >= 0.3 is 6.18 Å². The van der Waals surface area contributed by atoms with Gasteiger partial charge in [0, 0.05) is 5.69 Å². The molecule has 0 saturated heterocycles. The summed E-state index contributed by atoms with van der Waals surface area (Å²) in [5.41, 5.74) is 0.997. The highest BCUT2D eigenvalue weighted by molar-refractivity contribution is 6.37. The second-order valence-corrected chi connectivity index (χ2v) is 8.10. The number of ether oxygens (including phenoxy) is 1. The van der Waals surface area contributed by atoms with Gasteiger partial charge in [0.15, 0.2) is 5.75 Å². The molecule has 1 N–H and O–H groups in total. The van der Waals surface area contributed by atoms with Crippen LogP contribution in [0.1, 0.15) is 22.3 Å². The Bertz CT molecular complexity index is 1260. The van der Waals surface area contributed by atoms with Crippen molar-refractivity contribution in [3.63, 3.8) is 0 Å². The van der Waals surface area contributed by atoms with Crippen LogP contribution in [0.15, 0.2) is 66.2 Å². The molecule has 34 heavy (non-hydrogen) atoms. The van der Waals surface area contributed by atoms with Crippen molar-refractivity contribution in [1.82, 2.24) is 0 Å². The molecule has 4 nitrogen and oxygen atoms in total. The van der Waals surface area contributed by atoms with E-state index in [-0.39, 0.29) is 33.7 Å². The van der Waals surface area contributed by atoms with Crippen LogP contribution in [0.5, 0.6) is 5.75 Å². The number of hydrogen-bond donors (Lipinski definition) is 1. The molecule has 174 valence electrons. The third kappa shape index (κ3) is 6.53. The molecule has 0 spiro atoms. The Hall–Kier alpha value is -3.47. The van der Waals surface area contributed by atoms with Crippen LogP contribution in [0.3, 0.4) is 0 Å². The number of hydrogen-bond acceptors (Lipinski definition) is 3. The number of alkyl halides is 3. The molecule has 3 aromatic rings. The van der Waals surface area contributed by atoms with Gasteiger partial charge < -0.3 is 10.1 Å². The zero-order chi connectivity index (χ0) is 24.9. The van der Waals surface area contributed by atoms with Crippen molar-refractivity contribution in [3.8, 4) is 11.8 Å². The summed E-state index contributed by atoms with van der Waals surface area (Å²) in [7, 11) is 0. The van der Waals surface area contributed by atoms with Crippen molar-refractivity contribution in [2.75, 3.05) is 5.32 Å². The SMILES string of the molecule is Cc1ccc(COc2c(Cl)cc(/C=C(\C#N)C(=O)Nc3cccc(C(F)(F)F)c3)cc2Cl)cc1. The number of carbonyl (C=O) groups excluding carboxylic acids is 1. The van der Waals surface area contributed by atoms with Crippen LogP contribution in [0.2, 0.25) is 10.0 Å². The normalized spacial score (nSPS) is 11.6. The van der Waals surface area contributed by atoms with Gasteiger partial charge in [-0.3, -0.25) is 4.79 Å². The quantitative estimate of drug-likeness (QED) is 0.280. The largest absolute Gasteiger partial charge is 0.486 e. The van der Waals surface area contributed by atoms with E-state index in [0.29, 0.717) is 5.56 Å². The average molecular weight is 505 g/mol. The topological polar surface area (TPSA) is 62.1 Å². The third-order valence-electron chi connectivity index (χ3n) is 4.65. The summed E-state index contributed by atoms with van der Waals surface area (Å²) in [5.74, 6) is -0.637. The fourth-order valence-electron chi connectivity index (χ4n) is 2.93. The summed E-state index contributed by atoms with van der Waals surface area (Å²) in [4.78, 5) is 12.5. The molecular weight excluding hydrogens is 488 g/mol. The summed E-state index contributed by atoms with van der Waals surface area (Å²) in [6.45, 7) is 2.21. The summed E-state index contributed by atoms with van der Waals surface area (Å²) in [6.07, 6.45) is -3.34. The van der Waals surface area contributed by atoms with Gasteiger partial charge in [-0.1, -0.05) is 59.1 Å². The number of anilines is 1. The molecular formula is C25H17Cl2F3N2O2. The molecule has 3 rings (SSSR count). The standard InChI is InChI=1S/C25H17Cl2F3N2O2/c1-15-5-7-16(8-6-15)14-34-23-21(26)10-17(11-22(23)27)9-18(13-31)24(33)32-20-4-2-3-19(12-20)25(28,29)30/h2-12H,14H2,1H3,(H,32,33)/b18-9+. The molecule has 1 amide bonds. The van der Waals surface area contributed by atoms with Crippen molar-refractivity contribution in [3.05, 3.63) is 98.5 Å². The minimum atomic E-state index is -4.56. The molecule has 0 atom stereocenters. The predicted molar refractivity (Wildman–Crippen MR) is 126 cm³/mol. The monoisotopic (exact) mass is 504 g/mol. The molecule has 0 aromatic heterocycles. The number of aryl methyl sites for hydroxylation is 1. The Morgan fingerprint density at radius 3 is 2.32 bits per heavy atom. The van der Waals surface area contributed by atoms with Crippen LogP contribution in [0.25, 0.3) is 6.08 Å². The van der Waals surface area contributed by atoms with Gasteiger partial charge in [-0.15, -0.1) is 0 Å². The van der Waals surface area contributed by atoms with Gasteiger partial charge in [0.1, 0.15) is 18.2 Å². The van der Waals surface area contributed by atoms with E-state index in [9.17, 15) is 23.2 Å². The number of halogens is 5. The molecule has 0 unspecified atom stereocenters. The average Bonchev–Trinajstić information content (AvgIpc) is 2.77. The van der Waals surface area contributed by atoms with Crippen LogP contribution >= 0.6 is 23.2 Å². The molecule has 0 aliphatic rings. The summed E-state index contributed by atoms with van der Waals surface area (Å²) >= 11 is 12.6. The van der Waals surface area contributed by atoms with E-state index < -0.39 is 17.6 Å². The first-order valence-electron chi connectivity index (χ1n) is 9.84. The first kappa shape index (κ1) is 25.2. The Morgan fingerprint density at radius 2 is 1.74 bits per heavy atom. The van der Waals surface area contributed by atoms with Crippen molar-refractivity contribution in [2.45, 2.75) is 19.7 Å². The lowest BCUT2D eigenvalue weighted by Gasteiger charge is -2.12. The van der Waals surface area contributed by atoms with Crippen LogP contribution in [0, 0.1) is 18.3 Å². The lowest BCUT2D eigenvalue weighted by molar-refractivity contribution is -0.137. The van der Waals surface area contributed by atoms with Gasteiger partial charge in [-0.2, -0.15) is 18.4 Å². The maximum atomic E-state index is 12.9. The lowest BCUT2D eigenvalue weighted by atomic mass is 10.1. The molecule has 0 saturated carbocycles. The maximum absolute atomic E-state index is 12.9. The third-order valence-corrected chi connectivity index (χ3v) is 5.21. The van der Waals surface area contributed by atoms with Crippen LogP contribution in [-0.4, -0.2) is 5.91 Å². The zero-order valence-corrected chi connectivity index (χ0v) is 19.2. The van der Waals surface area contributed by atoms with Crippen molar-refractivity contribution >= 4 is 40.9 Å². The van der Waals surface area contributed by atoms with Gasteiger partial charge in [-0.05, 0) is 54.5 Å².